The van der Waals surface area contributed by atoms with Crippen LogP contribution >= 0.6 is 0 Å². The molecule has 1 aromatic carbocycles. The molecule has 1 rings (SSSR count). The van der Waals surface area contributed by atoms with Gasteiger partial charge in [0.2, 0.25) is 0 Å². The van der Waals surface area contributed by atoms with Crippen LogP contribution in [0.25, 0.3) is 0 Å². The zero-order valence-electron chi connectivity index (χ0n) is 10.6. The Labute approximate surface area is 98.5 Å². The summed E-state index contributed by atoms with van der Waals surface area (Å²) in [5.41, 5.74) is 1.92. The van der Waals surface area contributed by atoms with Crippen molar-refractivity contribution in [2.24, 2.45) is 5.92 Å². The quantitative estimate of drug-likeness (QED) is 0.771. The maximum atomic E-state index is 8.76. The highest BCUT2D eigenvalue weighted by Crippen LogP contribution is 2.19. The predicted molar refractivity (Wildman–Crippen MR) is 68.5 cm³/mol. The van der Waals surface area contributed by atoms with Gasteiger partial charge in [0.15, 0.2) is 0 Å². The van der Waals surface area contributed by atoms with E-state index in [1.165, 1.54) is 5.69 Å². The lowest BCUT2D eigenvalue weighted by molar-refractivity contribution is 0.571. The topological polar surface area (TPSA) is 27.0 Å². The summed E-state index contributed by atoms with van der Waals surface area (Å²) in [5, 5.41) is 8.76. The number of nitriles is 1. The monoisotopic (exact) mass is 216 g/mol. The number of benzene rings is 1. The average Bonchev–Trinajstić information content (AvgIpc) is 2.25. The van der Waals surface area contributed by atoms with Crippen LogP contribution < -0.4 is 4.90 Å². The largest absolute Gasteiger partial charge is 0.369 e. The van der Waals surface area contributed by atoms with Crippen molar-refractivity contribution in [3.63, 3.8) is 0 Å². The lowest BCUT2D eigenvalue weighted by Gasteiger charge is -2.30. The first-order valence-electron chi connectivity index (χ1n) is 5.81. The van der Waals surface area contributed by atoms with Crippen LogP contribution in [0.2, 0.25) is 0 Å². The third kappa shape index (κ3) is 3.27. The molecule has 16 heavy (non-hydrogen) atoms. The third-order valence-electron chi connectivity index (χ3n) is 2.51. The molecule has 0 radical (unpaired) electrons. The predicted octanol–water partition coefficient (Wildman–Crippen LogP) is 3.43. The zero-order valence-corrected chi connectivity index (χ0v) is 10.6. The molecular weight excluding hydrogens is 196 g/mol. The standard InChI is InChI=1S/C14H20N2/c1-11(2)10-16(12(3)4)14-7-5-13(9-15)6-8-14/h5-8,11-12H,10H2,1-4H3. The van der Waals surface area contributed by atoms with Gasteiger partial charge in [0, 0.05) is 18.3 Å². The molecule has 0 atom stereocenters. The van der Waals surface area contributed by atoms with E-state index in [1.54, 1.807) is 0 Å². The Morgan fingerprint density at radius 1 is 1.12 bits per heavy atom. The second-order valence-corrected chi connectivity index (χ2v) is 4.80. The van der Waals surface area contributed by atoms with Gasteiger partial charge in [-0.15, -0.1) is 0 Å². The first-order chi connectivity index (χ1) is 7.54. The maximum Gasteiger partial charge on any atom is 0.0991 e. The lowest BCUT2D eigenvalue weighted by Crippen LogP contribution is -2.34. The van der Waals surface area contributed by atoms with E-state index in [0.29, 0.717) is 12.0 Å². The fraction of sp³-hybridized carbons (Fsp3) is 0.500. The van der Waals surface area contributed by atoms with Crippen molar-refractivity contribution < 1.29 is 0 Å². The third-order valence-corrected chi connectivity index (χ3v) is 2.51. The highest BCUT2D eigenvalue weighted by atomic mass is 15.1. The molecule has 0 saturated heterocycles. The van der Waals surface area contributed by atoms with Gasteiger partial charge in [-0.1, -0.05) is 13.8 Å². The molecule has 0 fully saturated rings. The molecule has 0 spiro atoms. The molecule has 2 nitrogen and oxygen atoms in total. The van der Waals surface area contributed by atoms with Crippen molar-refractivity contribution in [2.45, 2.75) is 33.7 Å². The smallest absolute Gasteiger partial charge is 0.0991 e. The van der Waals surface area contributed by atoms with Crippen molar-refractivity contribution in [1.82, 2.24) is 0 Å². The van der Waals surface area contributed by atoms with Crippen LogP contribution in [0.5, 0.6) is 0 Å². The molecule has 0 saturated carbocycles. The van der Waals surface area contributed by atoms with Gasteiger partial charge in [-0.3, -0.25) is 0 Å². The maximum absolute atomic E-state index is 8.76. The van der Waals surface area contributed by atoms with Gasteiger partial charge in [0.1, 0.15) is 0 Å². The van der Waals surface area contributed by atoms with E-state index in [0.717, 1.165) is 12.1 Å². The molecule has 2 heteroatoms. The van der Waals surface area contributed by atoms with Crippen molar-refractivity contribution in [3.05, 3.63) is 29.8 Å². The molecule has 0 aromatic heterocycles. The van der Waals surface area contributed by atoms with Gasteiger partial charge in [-0.25, -0.2) is 0 Å². The van der Waals surface area contributed by atoms with E-state index in [2.05, 4.69) is 38.7 Å². The average molecular weight is 216 g/mol. The number of rotatable bonds is 4. The van der Waals surface area contributed by atoms with Crippen LogP contribution in [-0.2, 0) is 0 Å². The van der Waals surface area contributed by atoms with Crippen molar-refractivity contribution in [3.8, 4) is 6.07 Å². The van der Waals surface area contributed by atoms with Gasteiger partial charge < -0.3 is 4.90 Å². The molecule has 0 aliphatic heterocycles. The van der Waals surface area contributed by atoms with E-state index in [1.807, 2.05) is 24.3 Å². The second-order valence-electron chi connectivity index (χ2n) is 4.80. The molecule has 0 amide bonds. The Balaban J connectivity index is 2.89. The molecule has 0 N–H and O–H groups in total. The van der Waals surface area contributed by atoms with Crippen LogP contribution in [-0.4, -0.2) is 12.6 Å². The van der Waals surface area contributed by atoms with Gasteiger partial charge >= 0.3 is 0 Å². The summed E-state index contributed by atoms with van der Waals surface area (Å²) in [6.07, 6.45) is 0. The summed E-state index contributed by atoms with van der Waals surface area (Å²) in [6, 6.07) is 10.4. The van der Waals surface area contributed by atoms with E-state index in [4.69, 9.17) is 5.26 Å². The fourth-order valence-electron chi connectivity index (χ4n) is 1.74. The molecule has 86 valence electrons. The van der Waals surface area contributed by atoms with Gasteiger partial charge in [-0.05, 0) is 44.0 Å². The number of anilines is 1. The summed E-state index contributed by atoms with van der Waals surface area (Å²) in [7, 11) is 0. The number of nitrogens with zero attached hydrogens (tertiary/aromatic N) is 2. The van der Waals surface area contributed by atoms with Crippen LogP contribution in [0, 0.1) is 17.2 Å². The first kappa shape index (κ1) is 12.6. The summed E-state index contributed by atoms with van der Waals surface area (Å²) < 4.78 is 0. The Hall–Kier alpha value is -1.49. The van der Waals surface area contributed by atoms with Crippen LogP contribution in [0.15, 0.2) is 24.3 Å². The first-order valence-corrected chi connectivity index (χ1v) is 5.81. The molecule has 0 aliphatic rings. The Kier molecular flexibility index (Phi) is 4.37. The highest BCUT2D eigenvalue weighted by Gasteiger charge is 2.11. The molecule has 0 unspecified atom stereocenters. The summed E-state index contributed by atoms with van der Waals surface area (Å²) >= 11 is 0. The Morgan fingerprint density at radius 3 is 2.06 bits per heavy atom. The fourth-order valence-corrected chi connectivity index (χ4v) is 1.74. The van der Waals surface area contributed by atoms with Gasteiger partial charge in [0.25, 0.3) is 0 Å². The molecule has 0 aliphatic carbocycles. The SMILES string of the molecule is CC(C)CN(c1ccc(C#N)cc1)C(C)C. The van der Waals surface area contributed by atoms with E-state index in [9.17, 15) is 0 Å². The summed E-state index contributed by atoms with van der Waals surface area (Å²) in [6.45, 7) is 9.88. The highest BCUT2D eigenvalue weighted by molar-refractivity contribution is 5.50. The van der Waals surface area contributed by atoms with Crippen molar-refractivity contribution in [1.29, 1.82) is 5.26 Å². The van der Waals surface area contributed by atoms with E-state index in [-0.39, 0.29) is 0 Å². The zero-order chi connectivity index (χ0) is 12.1. The normalized spacial score (nSPS) is 10.6. The molecular formula is C14H20N2. The Bertz CT molecular complexity index is 357. The minimum Gasteiger partial charge on any atom is -0.369 e. The van der Waals surface area contributed by atoms with E-state index < -0.39 is 0 Å². The Morgan fingerprint density at radius 2 is 1.69 bits per heavy atom. The molecule has 1 aromatic rings. The lowest BCUT2D eigenvalue weighted by atomic mass is 10.1. The number of hydrogen-bond acceptors (Lipinski definition) is 2. The van der Waals surface area contributed by atoms with Gasteiger partial charge in [0.05, 0.1) is 11.6 Å². The second kappa shape index (κ2) is 5.55. The minimum absolute atomic E-state index is 0.482. The minimum atomic E-state index is 0.482. The van der Waals surface area contributed by atoms with Crippen molar-refractivity contribution in [2.75, 3.05) is 11.4 Å². The van der Waals surface area contributed by atoms with Crippen LogP contribution in [0.1, 0.15) is 33.3 Å². The number of hydrogen-bond donors (Lipinski definition) is 0. The summed E-state index contributed by atoms with van der Waals surface area (Å²) in [5.74, 6) is 0.637. The molecule has 0 heterocycles. The van der Waals surface area contributed by atoms with Crippen LogP contribution in [0.3, 0.4) is 0 Å². The van der Waals surface area contributed by atoms with Gasteiger partial charge in [-0.2, -0.15) is 5.26 Å². The van der Waals surface area contributed by atoms with Crippen molar-refractivity contribution >= 4 is 5.69 Å². The summed E-state index contributed by atoms with van der Waals surface area (Å²) in [4.78, 5) is 2.37. The van der Waals surface area contributed by atoms with E-state index >= 15 is 0 Å². The van der Waals surface area contributed by atoms with Crippen LogP contribution in [0.4, 0.5) is 5.69 Å². The molecule has 0 bridgehead atoms.